The molecule has 0 radical (unpaired) electrons. The Balaban J connectivity index is 1.49. The van der Waals surface area contributed by atoms with Gasteiger partial charge in [0.25, 0.3) is 5.91 Å². The molecule has 3 rings (SSSR count). The van der Waals surface area contributed by atoms with E-state index in [-0.39, 0.29) is 41.2 Å². The number of carbonyl (C=O) groups is 2. The van der Waals surface area contributed by atoms with Crippen molar-refractivity contribution < 1.29 is 14.1 Å². The number of hydrogen-bond acceptors (Lipinski definition) is 7. The molecule has 142 valence electrons. The predicted octanol–water partition coefficient (Wildman–Crippen LogP) is -0.777. The Kier molecular flexibility index (Phi) is 5.94. The lowest BCUT2D eigenvalue weighted by Crippen LogP contribution is -2.49. The number of nitrogens with one attached hydrogen (secondary N) is 1. The molecule has 1 unspecified atom stereocenters. The van der Waals surface area contributed by atoms with Crippen LogP contribution < -0.4 is 16.8 Å². The summed E-state index contributed by atoms with van der Waals surface area (Å²) < 4.78 is 11.5. The van der Waals surface area contributed by atoms with Crippen LogP contribution in [-0.2, 0) is 16.0 Å². The highest BCUT2D eigenvalue weighted by atomic mass is 32.2. The van der Waals surface area contributed by atoms with Crippen LogP contribution in [0.15, 0.2) is 12.4 Å². The molecule has 0 bridgehead atoms. The topological polar surface area (TPSA) is 150 Å². The first-order valence-electron chi connectivity index (χ1n) is 8.72. The molecule has 0 spiro atoms. The minimum atomic E-state index is -0.947. The number of hydrogen-bond donors (Lipinski definition) is 3. The van der Waals surface area contributed by atoms with E-state index in [0.717, 1.165) is 25.7 Å². The fourth-order valence-corrected chi connectivity index (χ4v) is 4.66. The van der Waals surface area contributed by atoms with Crippen molar-refractivity contribution in [1.29, 1.82) is 0 Å². The molecule has 1 aromatic heterocycles. The van der Waals surface area contributed by atoms with Gasteiger partial charge in [-0.2, -0.15) is 0 Å². The molecular formula is C16H24N6O3S. The predicted molar refractivity (Wildman–Crippen MR) is 97.2 cm³/mol. The van der Waals surface area contributed by atoms with Crippen molar-refractivity contribution in [3.8, 4) is 0 Å². The second-order valence-electron chi connectivity index (χ2n) is 6.78. The van der Waals surface area contributed by atoms with Gasteiger partial charge < -0.3 is 21.3 Å². The van der Waals surface area contributed by atoms with Crippen molar-refractivity contribution in [2.75, 3.05) is 23.9 Å². The van der Waals surface area contributed by atoms with E-state index < -0.39 is 17.2 Å². The first-order chi connectivity index (χ1) is 12.5. The van der Waals surface area contributed by atoms with Crippen LogP contribution >= 0.6 is 0 Å². The van der Waals surface area contributed by atoms with Crippen LogP contribution in [0.1, 0.15) is 36.2 Å². The van der Waals surface area contributed by atoms with E-state index in [9.17, 15) is 14.1 Å². The van der Waals surface area contributed by atoms with Crippen molar-refractivity contribution in [3.05, 3.63) is 18.1 Å². The Bertz CT molecular complexity index is 667. The number of nitrogens with two attached hydrogens (primary N) is 2. The summed E-state index contributed by atoms with van der Waals surface area (Å²) in [5.41, 5.74) is 12.0. The Hall–Kier alpha value is -1.91. The summed E-state index contributed by atoms with van der Waals surface area (Å²) in [5.74, 6) is 0.551. The molecule has 2 fully saturated rings. The van der Waals surface area contributed by atoms with Gasteiger partial charge in [0.1, 0.15) is 5.75 Å². The zero-order chi connectivity index (χ0) is 18.7. The second kappa shape index (κ2) is 8.19. The highest BCUT2D eigenvalue weighted by Gasteiger charge is 2.36. The smallest absolute Gasteiger partial charge is 0.273 e. The van der Waals surface area contributed by atoms with E-state index >= 15 is 0 Å². The van der Waals surface area contributed by atoms with Crippen molar-refractivity contribution in [2.24, 2.45) is 11.7 Å². The van der Waals surface area contributed by atoms with Crippen LogP contribution in [0.4, 0.5) is 5.82 Å². The number of nitrogen functional groups attached to an aromatic ring is 1. The first kappa shape index (κ1) is 18.9. The molecule has 9 nitrogen and oxygen atoms in total. The summed E-state index contributed by atoms with van der Waals surface area (Å²) in [4.78, 5) is 34.1. The normalized spacial score (nSPS) is 27.2. The number of aromatic nitrogens is 2. The molecule has 5 N–H and O–H groups in total. The molecule has 1 aliphatic carbocycles. The summed E-state index contributed by atoms with van der Waals surface area (Å²) in [5, 5.41) is 2.93. The largest absolute Gasteiger partial charge is 0.615 e. The fraction of sp³-hybridized carbons (Fsp3) is 0.625. The van der Waals surface area contributed by atoms with Gasteiger partial charge in [-0.05, 0) is 42.8 Å². The van der Waals surface area contributed by atoms with Gasteiger partial charge in [0.15, 0.2) is 17.4 Å². The van der Waals surface area contributed by atoms with Crippen molar-refractivity contribution >= 4 is 28.8 Å². The number of rotatable bonds is 4. The molecule has 1 saturated carbocycles. The SMILES string of the molecule is Nc1nccnc1C(=O)N[C@H]1CC[C@H]([C@H](N)C(=O)N2CC[S+]([O-])C2)CC1. The standard InChI is InChI=1S/C16H24N6O3S/c17-12(16(24)22-7-8-26(25)9-22)10-1-3-11(4-2-10)21-15(23)13-14(18)20-6-5-19-13/h5-6,10-12H,1-4,7-9,17H2,(H2,18,20)(H,21,23)/t10-,11-,12-,26?/m0/s1. The first-order valence-corrected chi connectivity index (χ1v) is 10.2. The molecule has 2 atom stereocenters. The summed E-state index contributed by atoms with van der Waals surface area (Å²) >= 11 is -0.947. The Morgan fingerprint density at radius 3 is 2.58 bits per heavy atom. The minimum absolute atomic E-state index is 0.00162. The van der Waals surface area contributed by atoms with E-state index in [2.05, 4.69) is 15.3 Å². The quantitative estimate of drug-likeness (QED) is 0.580. The molecule has 1 aliphatic heterocycles. The zero-order valence-corrected chi connectivity index (χ0v) is 15.3. The van der Waals surface area contributed by atoms with Crippen LogP contribution in [0.3, 0.4) is 0 Å². The third-order valence-corrected chi connectivity index (χ3v) is 6.28. The Morgan fingerprint density at radius 2 is 1.96 bits per heavy atom. The lowest BCUT2D eigenvalue weighted by Gasteiger charge is -2.32. The number of amides is 2. The number of anilines is 1. The molecule has 0 aromatic carbocycles. The van der Waals surface area contributed by atoms with Gasteiger partial charge in [0, 0.05) is 18.4 Å². The van der Waals surface area contributed by atoms with Gasteiger partial charge >= 0.3 is 0 Å². The van der Waals surface area contributed by atoms with E-state index in [4.69, 9.17) is 11.5 Å². The van der Waals surface area contributed by atoms with Gasteiger partial charge in [0.2, 0.25) is 5.91 Å². The third-order valence-electron chi connectivity index (χ3n) is 5.04. The monoisotopic (exact) mass is 380 g/mol. The van der Waals surface area contributed by atoms with Crippen LogP contribution in [0.2, 0.25) is 0 Å². The maximum atomic E-state index is 12.4. The van der Waals surface area contributed by atoms with Gasteiger partial charge in [-0.15, -0.1) is 0 Å². The summed E-state index contributed by atoms with van der Waals surface area (Å²) in [6.07, 6.45) is 5.85. The van der Waals surface area contributed by atoms with Gasteiger partial charge in [-0.3, -0.25) is 14.5 Å². The molecule has 1 saturated heterocycles. The van der Waals surface area contributed by atoms with Crippen LogP contribution in [0, 0.1) is 5.92 Å². The van der Waals surface area contributed by atoms with Crippen LogP contribution in [0.25, 0.3) is 0 Å². The molecule has 2 heterocycles. The molecule has 2 aliphatic rings. The van der Waals surface area contributed by atoms with Crippen LogP contribution in [-0.4, -0.2) is 61.5 Å². The zero-order valence-electron chi connectivity index (χ0n) is 14.5. The second-order valence-corrected chi connectivity index (χ2v) is 8.32. The number of nitrogens with zero attached hydrogens (tertiary/aromatic N) is 3. The van der Waals surface area contributed by atoms with Gasteiger partial charge in [-0.25, -0.2) is 9.97 Å². The lowest BCUT2D eigenvalue weighted by atomic mass is 9.81. The number of carbonyl (C=O) groups excluding carboxylic acids is 2. The average molecular weight is 380 g/mol. The molecular weight excluding hydrogens is 356 g/mol. The van der Waals surface area contributed by atoms with E-state index in [0.29, 0.717) is 12.3 Å². The summed E-state index contributed by atoms with van der Waals surface area (Å²) in [6, 6.07) is -0.570. The maximum Gasteiger partial charge on any atom is 0.273 e. The van der Waals surface area contributed by atoms with Gasteiger partial charge in [-0.1, -0.05) is 0 Å². The van der Waals surface area contributed by atoms with Crippen molar-refractivity contribution in [1.82, 2.24) is 20.2 Å². The molecule has 2 amide bonds. The lowest BCUT2D eigenvalue weighted by molar-refractivity contribution is -0.132. The highest BCUT2D eigenvalue weighted by molar-refractivity contribution is 7.91. The summed E-state index contributed by atoms with van der Waals surface area (Å²) in [7, 11) is 0. The molecule has 1 aromatic rings. The fourth-order valence-electron chi connectivity index (χ4n) is 3.50. The molecule has 26 heavy (non-hydrogen) atoms. The Labute approximate surface area is 155 Å². The van der Waals surface area contributed by atoms with E-state index in [1.54, 1.807) is 4.90 Å². The van der Waals surface area contributed by atoms with E-state index in [1.165, 1.54) is 12.4 Å². The minimum Gasteiger partial charge on any atom is -0.615 e. The third kappa shape index (κ3) is 4.25. The van der Waals surface area contributed by atoms with Crippen molar-refractivity contribution in [3.63, 3.8) is 0 Å². The highest BCUT2D eigenvalue weighted by Crippen LogP contribution is 2.28. The Morgan fingerprint density at radius 1 is 1.27 bits per heavy atom. The maximum absolute atomic E-state index is 12.4. The summed E-state index contributed by atoms with van der Waals surface area (Å²) in [6.45, 7) is 0.518. The molecule has 10 heteroatoms. The van der Waals surface area contributed by atoms with Crippen LogP contribution in [0.5, 0.6) is 0 Å². The van der Waals surface area contributed by atoms with E-state index in [1.807, 2.05) is 0 Å². The van der Waals surface area contributed by atoms with Crippen molar-refractivity contribution in [2.45, 2.75) is 37.8 Å². The average Bonchev–Trinajstić information content (AvgIpc) is 3.08. The van der Waals surface area contributed by atoms with Gasteiger partial charge in [0.05, 0.1) is 12.6 Å².